The summed E-state index contributed by atoms with van der Waals surface area (Å²) in [5.41, 5.74) is 0.361. The van der Waals surface area contributed by atoms with Gasteiger partial charge in [-0.15, -0.1) is 0 Å². The maximum Gasteiger partial charge on any atom is 0.271 e. The number of nitriles is 1. The van der Waals surface area contributed by atoms with Gasteiger partial charge in [0.1, 0.15) is 17.4 Å². The van der Waals surface area contributed by atoms with Crippen LogP contribution in [0.15, 0.2) is 29.1 Å². The van der Waals surface area contributed by atoms with Crippen LogP contribution in [-0.2, 0) is 11.3 Å². The summed E-state index contributed by atoms with van der Waals surface area (Å²) in [5.74, 6) is -0.108. The number of pyridine rings is 1. The molecule has 148 valence electrons. The van der Waals surface area contributed by atoms with E-state index in [9.17, 15) is 20.0 Å². The van der Waals surface area contributed by atoms with E-state index in [2.05, 4.69) is 13.8 Å². The molecule has 1 heterocycles. The molecule has 0 saturated heterocycles. The van der Waals surface area contributed by atoms with Gasteiger partial charge in [-0.1, -0.05) is 26.0 Å². The van der Waals surface area contributed by atoms with Crippen LogP contribution in [0.3, 0.4) is 0 Å². The first-order valence-corrected chi connectivity index (χ1v) is 8.93. The number of aromatic hydroxyl groups is 1. The number of rotatable bonds is 8. The molecule has 1 aromatic heterocycles. The molecular weight excluding hydrogens is 360 g/mol. The summed E-state index contributed by atoms with van der Waals surface area (Å²) in [7, 11) is 1.45. The first-order chi connectivity index (χ1) is 13.3. The molecule has 0 aliphatic carbocycles. The van der Waals surface area contributed by atoms with Crippen molar-refractivity contribution in [2.45, 2.75) is 33.2 Å². The minimum atomic E-state index is -0.656. The number of carbonyl (C=O) groups is 1. The lowest BCUT2D eigenvalue weighted by molar-refractivity contribution is 0.0915. The van der Waals surface area contributed by atoms with Gasteiger partial charge in [-0.05, 0) is 36.1 Å². The monoisotopic (exact) mass is 384 g/mol. The molecule has 7 heteroatoms. The van der Waals surface area contributed by atoms with E-state index in [-0.39, 0.29) is 36.4 Å². The van der Waals surface area contributed by atoms with Crippen LogP contribution >= 0.6 is 0 Å². The third kappa shape index (κ3) is 4.41. The topological polar surface area (TPSA) is 102 Å². The Kier molecular flexibility index (Phi) is 6.96. The average molecular weight is 384 g/mol. The van der Waals surface area contributed by atoms with Gasteiger partial charge in [0.2, 0.25) is 11.7 Å². The molecule has 0 aliphatic heterocycles. The van der Waals surface area contributed by atoms with E-state index in [0.717, 1.165) is 10.1 Å². The molecule has 7 nitrogen and oxygen atoms in total. The summed E-state index contributed by atoms with van der Waals surface area (Å²) in [4.78, 5) is 25.1. The summed E-state index contributed by atoms with van der Waals surface area (Å²) in [6.45, 7) is 5.46. The van der Waals surface area contributed by atoms with Crippen molar-refractivity contribution < 1.29 is 19.4 Å². The number of ether oxygens (including phenoxy) is 2. The van der Waals surface area contributed by atoms with E-state index in [1.54, 1.807) is 12.1 Å². The van der Waals surface area contributed by atoms with Crippen molar-refractivity contribution in [2.24, 2.45) is 0 Å². The zero-order valence-electron chi connectivity index (χ0n) is 16.5. The van der Waals surface area contributed by atoms with Crippen LogP contribution in [0.4, 0.5) is 0 Å². The average Bonchev–Trinajstić information content (AvgIpc) is 2.67. The Balaban J connectivity index is 2.31. The number of hydrogen-bond acceptors (Lipinski definition) is 6. The third-order valence-electron chi connectivity index (χ3n) is 4.51. The van der Waals surface area contributed by atoms with Gasteiger partial charge < -0.3 is 14.6 Å². The molecule has 2 rings (SSSR count). The summed E-state index contributed by atoms with van der Waals surface area (Å²) < 4.78 is 11.4. The molecule has 0 aliphatic rings. The normalized spacial score (nSPS) is 10.7. The number of hydrogen-bond donors (Lipinski definition) is 1. The molecule has 0 unspecified atom stereocenters. The molecule has 0 amide bonds. The zero-order valence-corrected chi connectivity index (χ0v) is 16.5. The number of nitrogens with zero attached hydrogens (tertiary/aromatic N) is 2. The largest absolute Gasteiger partial charge is 0.494 e. The van der Waals surface area contributed by atoms with E-state index >= 15 is 0 Å². The second-order valence-electron chi connectivity index (χ2n) is 6.70. The number of aromatic nitrogens is 1. The number of ketones is 1. The van der Waals surface area contributed by atoms with Crippen molar-refractivity contribution in [3.63, 3.8) is 0 Å². The Morgan fingerprint density at radius 1 is 1.29 bits per heavy atom. The second kappa shape index (κ2) is 9.20. The first kappa shape index (κ1) is 21.2. The predicted molar refractivity (Wildman–Crippen MR) is 104 cm³/mol. The second-order valence-corrected chi connectivity index (χ2v) is 6.70. The quantitative estimate of drug-likeness (QED) is 0.702. The summed E-state index contributed by atoms with van der Waals surface area (Å²) in [6.07, 6.45) is 0. The van der Waals surface area contributed by atoms with Gasteiger partial charge in [-0.2, -0.15) is 5.26 Å². The standard InChI is InChI=1S/C21H24N2O5/c1-13(2)15-5-7-16(8-6-15)28-12-18(24)19-14(3)17(11-22)20(25)23(21(19)26)9-10-27-4/h5-8,13,26H,9-10,12H2,1-4H3. The fourth-order valence-electron chi connectivity index (χ4n) is 2.84. The van der Waals surface area contributed by atoms with E-state index in [4.69, 9.17) is 9.47 Å². The van der Waals surface area contributed by atoms with Crippen LogP contribution in [0.25, 0.3) is 0 Å². The summed E-state index contributed by atoms with van der Waals surface area (Å²) >= 11 is 0. The maximum atomic E-state index is 12.7. The molecule has 0 atom stereocenters. The Morgan fingerprint density at radius 3 is 2.46 bits per heavy atom. The summed E-state index contributed by atoms with van der Waals surface area (Å²) in [5, 5.41) is 19.8. The highest BCUT2D eigenvalue weighted by Crippen LogP contribution is 2.23. The lowest BCUT2D eigenvalue weighted by Gasteiger charge is -2.15. The van der Waals surface area contributed by atoms with Crippen molar-refractivity contribution in [3.05, 3.63) is 56.9 Å². The molecule has 1 aromatic carbocycles. The van der Waals surface area contributed by atoms with Gasteiger partial charge in [-0.3, -0.25) is 14.2 Å². The summed E-state index contributed by atoms with van der Waals surface area (Å²) in [6, 6.07) is 9.21. The SMILES string of the molecule is COCCn1c(O)c(C(=O)COc2ccc(C(C)C)cc2)c(C)c(C#N)c1=O. The zero-order chi connectivity index (χ0) is 20.8. The van der Waals surface area contributed by atoms with Gasteiger partial charge in [0.25, 0.3) is 5.56 Å². The molecule has 2 aromatic rings. The number of Topliss-reactive ketones (excluding diaryl/α,β-unsaturated/α-hetero) is 1. The molecule has 0 bridgehead atoms. The predicted octanol–water partition coefficient (Wildman–Crippen LogP) is 2.77. The van der Waals surface area contributed by atoms with Gasteiger partial charge in [0.15, 0.2) is 6.61 Å². The van der Waals surface area contributed by atoms with Gasteiger partial charge in [0, 0.05) is 7.11 Å². The molecule has 0 spiro atoms. The van der Waals surface area contributed by atoms with Crippen LogP contribution in [0.5, 0.6) is 11.6 Å². The van der Waals surface area contributed by atoms with Gasteiger partial charge >= 0.3 is 0 Å². The Hall–Kier alpha value is -3.11. The van der Waals surface area contributed by atoms with Crippen molar-refractivity contribution in [1.29, 1.82) is 5.26 Å². The highest BCUT2D eigenvalue weighted by atomic mass is 16.5. The molecule has 1 N–H and O–H groups in total. The van der Waals surface area contributed by atoms with Gasteiger partial charge in [-0.25, -0.2) is 0 Å². The van der Waals surface area contributed by atoms with Crippen molar-refractivity contribution in [2.75, 3.05) is 20.3 Å². The number of methoxy groups -OCH3 is 1. The van der Waals surface area contributed by atoms with Crippen molar-refractivity contribution in [3.8, 4) is 17.7 Å². The molecule has 0 fully saturated rings. The van der Waals surface area contributed by atoms with E-state index in [1.165, 1.54) is 14.0 Å². The maximum absolute atomic E-state index is 12.7. The van der Waals surface area contributed by atoms with E-state index in [0.29, 0.717) is 11.7 Å². The molecule has 0 radical (unpaired) electrons. The Bertz CT molecular complexity index is 953. The minimum absolute atomic E-state index is 0.0218. The highest BCUT2D eigenvalue weighted by Gasteiger charge is 2.24. The smallest absolute Gasteiger partial charge is 0.271 e. The van der Waals surface area contributed by atoms with Crippen LogP contribution in [-0.4, -0.2) is 35.8 Å². The fourth-order valence-corrected chi connectivity index (χ4v) is 2.84. The van der Waals surface area contributed by atoms with Crippen molar-refractivity contribution >= 4 is 5.78 Å². The molecule has 0 saturated carbocycles. The van der Waals surface area contributed by atoms with Crippen LogP contribution in [0.1, 0.15) is 46.8 Å². The van der Waals surface area contributed by atoms with Crippen LogP contribution < -0.4 is 10.3 Å². The lowest BCUT2D eigenvalue weighted by Crippen LogP contribution is -2.29. The minimum Gasteiger partial charge on any atom is -0.494 e. The molecule has 28 heavy (non-hydrogen) atoms. The molecular formula is C21H24N2O5. The highest BCUT2D eigenvalue weighted by molar-refractivity contribution is 6.01. The lowest BCUT2D eigenvalue weighted by atomic mass is 10.0. The van der Waals surface area contributed by atoms with Crippen molar-refractivity contribution in [1.82, 2.24) is 4.57 Å². The number of carbonyl (C=O) groups excluding carboxylic acids is 1. The van der Waals surface area contributed by atoms with E-state index < -0.39 is 17.2 Å². The number of benzene rings is 1. The third-order valence-corrected chi connectivity index (χ3v) is 4.51. The van der Waals surface area contributed by atoms with Gasteiger partial charge in [0.05, 0.1) is 18.7 Å². The van der Waals surface area contributed by atoms with E-state index in [1.807, 2.05) is 18.2 Å². The Morgan fingerprint density at radius 2 is 1.93 bits per heavy atom. The fraction of sp³-hybridized carbons (Fsp3) is 0.381. The first-order valence-electron chi connectivity index (χ1n) is 8.93. The Labute approximate surface area is 163 Å². The van der Waals surface area contributed by atoms with Crippen LogP contribution in [0, 0.1) is 18.3 Å². The van der Waals surface area contributed by atoms with Crippen LogP contribution in [0.2, 0.25) is 0 Å².